The van der Waals surface area contributed by atoms with Gasteiger partial charge in [0.25, 0.3) is 0 Å². The van der Waals surface area contributed by atoms with Crippen molar-refractivity contribution in [3.05, 3.63) is 41.2 Å². The summed E-state index contributed by atoms with van der Waals surface area (Å²) in [6, 6.07) is 3.81. The number of nitrogens with zero attached hydrogens (tertiary/aromatic N) is 2. The normalized spacial score (nSPS) is 14.5. The molecule has 0 aromatic carbocycles. The first kappa shape index (κ1) is 19.3. The highest BCUT2D eigenvalue weighted by molar-refractivity contribution is 7.13. The van der Waals surface area contributed by atoms with Gasteiger partial charge in [-0.25, -0.2) is 9.78 Å². The molecular formula is C19H25N5O2S. The van der Waals surface area contributed by atoms with Crippen molar-refractivity contribution >= 4 is 28.4 Å². The summed E-state index contributed by atoms with van der Waals surface area (Å²) in [5, 5.41) is 11.1. The van der Waals surface area contributed by atoms with Gasteiger partial charge in [-0.05, 0) is 37.0 Å². The Bertz CT molecular complexity index is 744. The third kappa shape index (κ3) is 6.63. The molecule has 2 aromatic heterocycles. The third-order valence-corrected chi connectivity index (χ3v) is 5.37. The molecule has 0 unspecified atom stereocenters. The zero-order valence-electron chi connectivity index (χ0n) is 15.2. The average Bonchev–Trinajstić information content (AvgIpc) is 3.13. The number of carbonyl (C=O) groups is 2. The van der Waals surface area contributed by atoms with Crippen LogP contribution < -0.4 is 16.0 Å². The number of anilines is 1. The van der Waals surface area contributed by atoms with Crippen molar-refractivity contribution in [1.82, 2.24) is 20.6 Å². The molecule has 27 heavy (non-hydrogen) atoms. The second kappa shape index (κ2) is 10.0. The number of thiazole rings is 1. The van der Waals surface area contributed by atoms with Crippen LogP contribution >= 0.6 is 11.3 Å². The van der Waals surface area contributed by atoms with Gasteiger partial charge < -0.3 is 10.6 Å². The zero-order valence-corrected chi connectivity index (χ0v) is 16.1. The highest BCUT2D eigenvalue weighted by atomic mass is 32.1. The predicted octanol–water partition coefficient (Wildman–Crippen LogP) is 3.24. The fourth-order valence-corrected chi connectivity index (χ4v) is 3.82. The quantitative estimate of drug-likeness (QED) is 0.679. The fourth-order valence-electron chi connectivity index (χ4n) is 3.08. The summed E-state index contributed by atoms with van der Waals surface area (Å²) >= 11 is 1.38. The highest BCUT2D eigenvalue weighted by Crippen LogP contribution is 2.19. The Morgan fingerprint density at radius 1 is 1.15 bits per heavy atom. The van der Waals surface area contributed by atoms with E-state index < -0.39 is 0 Å². The van der Waals surface area contributed by atoms with Gasteiger partial charge in [0.1, 0.15) is 0 Å². The van der Waals surface area contributed by atoms with Gasteiger partial charge in [0, 0.05) is 36.8 Å². The molecule has 8 heteroatoms. The van der Waals surface area contributed by atoms with Crippen LogP contribution in [0.3, 0.4) is 0 Å². The lowest BCUT2D eigenvalue weighted by Crippen LogP contribution is -2.38. The minimum atomic E-state index is -0.196. The molecule has 1 saturated carbocycles. The maximum Gasteiger partial charge on any atom is 0.321 e. The molecule has 144 valence electrons. The van der Waals surface area contributed by atoms with Crippen molar-refractivity contribution in [2.24, 2.45) is 0 Å². The summed E-state index contributed by atoms with van der Waals surface area (Å²) in [7, 11) is 0. The molecule has 0 atom stereocenters. The predicted molar refractivity (Wildman–Crippen MR) is 106 cm³/mol. The van der Waals surface area contributed by atoms with Crippen molar-refractivity contribution in [1.29, 1.82) is 0 Å². The summed E-state index contributed by atoms with van der Waals surface area (Å²) in [4.78, 5) is 32.4. The number of rotatable bonds is 7. The molecule has 2 aromatic rings. The molecule has 3 N–H and O–H groups in total. The van der Waals surface area contributed by atoms with E-state index in [0.717, 1.165) is 24.1 Å². The molecule has 0 saturated heterocycles. The highest BCUT2D eigenvalue weighted by Gasteiger charge is 2.16. The minimum Gasteiger partial charge on any atom is -0.352 e. The number of aromatic nitrogens is 2. The van der Waals surface area contributed by atoms with Crippen LogP contribution in [0.4, 0.5) is 9.93 Å². The molecule has 3 rings (SSSR count). The molecular weight excluding hydrogens is 362 g/mol. The van der Waals surface area contributed by atoms with Gasteiger partial charge in [0.05, 0.1) is 5.69 Å². The van der Waals surface area contributed by atoms with E-state index in [4.69, 9.17) is 0 Å². The van der Waals surface area contributed by atoms with E-state index in [1.165, 1.54) is 30.6 Å². The van der Waals surface area contributed by atoms with Gasteiger partial charge in [-0.1, -0.05) is 19.3 Å². The molecule has 1 fully saturated rings. The van der Waals surface area contributed by atoms with E-state index in [1.807, 2.05) is 17.5 Å². The summed E-state index contributed by atoms with van der Waals surface area (Å²) in [6.45, 7) is 0.493. The number of carbonyl (C=O) groups excluding carboxylic acids is 2. The summed E-state index contributed by atoms with van der Waals surface area (Å²) in [5.74, 6) is -0.0237. The number of aryl methyl sites for hydroxylation is 1. The van der Waals surface area contributed by atoms with Crippen molar-refractivity contribution in [2.45, 2.75) is 57.5 Å². The average molecular weight is 388 g/mol. The molecule has 0 aliphatic heterocycles. The van der Waals surface area contributed by atoms with E-state index in [0.29, 0.717) is 24.5 Å². The van der Waals surface area contributed by atoms with Gasteiger partial charge in [-0.15, -0.1) is 11.3 Å². The SMILES string of the molecule is O=C(CCc1csc(NC(=O)NC2CCCCC2)n1)NCc1ccncc1. The van der Waals surface area contributed by atoms with Crippen LogP contribution in [0.5, 0.6) is 0 Å². The zero-order chi connectivity index (χ0) is 18.9. The summed E-state index contributed by atoms with van der Waals surface area (Å²) < 4.78 is 0. The molecule has 7 nitrogen and oxygen atoms in total. The van der Waals surface area contributed by atoms with Crippen LogP contribution in [-0.4, -0.2) is 27.9 Å². The topological polar surface area (TPSA) is 96.0 Å². The van der Waals surface area contributed by atoms with Crippen molar-refractivity contribution in [2.75, 3.05) is 5.32 Å². The van der Waals surface area contributed by atoms with Gasteiger partial charge in [-0.2, -0.15) is 0 Å². The number of hydrogen-bond acceptors (Lipinski definition) is 5. The van der Waals surface area contributed by atoms with Crippen LogP contribution in [0.2, 0.25) is 0 Å². The first-order chi connectivity index (χ1) is 13.2. The third-order valence-electron chi connectivity index (χ3n) is 4.56. The Morgan fingerprint density at radius 2 is 1.93 bits per heavy atom. The Hall–Kier alpha value is -2.48. The molecule has 0 bridgehead atoms. The lowest BCUT2D eigenvalue weighted by Gasteiger charge is -2.22. The van der Waals surface area contributed by atoms with E-state index in [2.05, 4.69) is 25.9 Å². The fraction of sp³-hybridized carbons (Fsp3) is 0.474. The molecule has 2 heterocycles. The second-order valence-corrected chi connectivity index (χ2v) is 7.57. The molecule has 0 radical (unpaired) electrons. The van der Waals surface area contributed by atoms with Gasteiger partial charge in [0.15, 0.2) is 5.13 Å². The maximum atomic E-state index is 12.1. The van der Waals surface area contributed by atoms with E-state index >= 15 is 0 Å². The maximum absolute atomic E-state index is 12.1. The van der Waals surface area contributed by atoms with E-state index in [9.17, 15) is 9.59 Å². The van der Waals surface area contributed by atoms with Crippen LogP contribution in [0.1, 0.15) is 49.8 Å². The van der Waals surface area contributed by atoms with Crippen LogP contribution in [-0.2, 0) is 17.8 Å². The first-order valence-corrected chi connectivity index (χ1v) is 10.2. The van der Waals surface area contributed by atoms with Crippen molar-refractivity contribution in [3.63, 3.8) is 0 Å². The number of urea groups is 1. The smallest absolute Gasteiger partial charge is 0.321 e. The van der Waals surface area contributed by atoms with Crippen LogP contribution in [0, 0.1) is 0 Å². The second-order valence-electron chi connectivity index (χ2n) is 6.71. The van der Waals surface area contributed by atoms with E-state index in [-0.39, 0.29) is 18.0 Å². The van der Waals surface area contributed by atoms with Crippen LogP contribution in [0.25, 0.3) is 0 Å². The number of pyridine rings is 1. The standard InChI is InChI=1S/C19H25N5O2S/c25-17(21-12-14-8-10-20-11-9-14)7-6-16-13-27-19(23-16)24-18(26)22-15-4-2-1-3-5-15/h8-11,13,15H,1-7,12H2,(H,21,25)(H2,22,23,24,26). The van der Waals surface area contributed by atoms with Gasteiger partial charge in [-0.3, -0.25) is 15.1 Å². The molecule has 3 amide bonds. The van der Waals surface area contributed by atoms with Crippen molar-refractivity contribution < 1.29 is 9.59 Å². The molecule has 1 aliphatic carbocycles. The Kier molecular flexibility index (Phi) is 7.15. The number of hydrogen-bond donors (Lipinski definition) is 3. The van der Waals surface area contributed by atoms with E-state index in [1.54, 1.807) is 12.4 Å². The largest absolute Gasteiger partial charge is 0.352 e. The molecule has 0 spiro atoms. The number of amides is 3. The first-order valence-electron chi connectivity index (χ1n) is 9.36. The minimum absolute atomic E-state index is 0.0237. The van der Waals surface area contributed by atoms with Crippen molar-refractivity contribution in [3.8, 4) is 0 Å². The Morgan fingerprint density at radius 3 is 2.70 bits per heavy atom. The summed E-state index contributed by atoms with van der Waals surface area (Å²) in [6.07, 6.45) is 10.0. The Balaban J connectivity index is 1.37. The lowest BCUT2D eigenvalue weighted by atomic mass is 9.96. The lowest BCUT2D eigenvalue weighted by molar-refractivity contribution is -0.121. The Labute approximate surface area is 163 Å². The number of nitrogens with one attached hydrogen (secondary N) is 3. The molecule has 1 aliphatic rings. The van der Waals surface area contributed by atoms with Crippen LogP contribution in [0.15, 0.2) is 29.9 Å². The van der Waals surface area contributed by atoms with Gasteiger partial charge in [0.2, 0.25) is 5.91 Å². The monoisotopic (exact) mass is 387 g/mol. The van der Waals surface area contributed by atoms with Gasteiger partial charge >= 0.3 is 6.03 Å². The summed E-state index contributed by atoms with van der Waals surface area (Å²) in [5.41, 5.74) is 1.83.